The van der Waals surface area contributed by atoms with Crippen LogP contribution in [0.1, 0.15) is 51.9 Å². The van der Waals surface area contributed by atoms with Gasteiger partial charge in [0.2, 0.25) is 0 Å². The monoisotopic (exact) mass is 360 g/mol. The Kier molecular flexibility index (Phi) is 9.66. The first kappa shape index (κ1) is 21.2. The molecule has 0 aromatic carbocycles. The normalized spacial score (nSPS) is 18.6. The smallest absolute Gasteiger partial charge is 0.191 e. The number of hydrogen-bond acceptors (Lipinski definition) is 4. The maximum absolute atomic E-state index is 11.2. The molecule has 0 spiro atoms. The van der Waals surface area contributed by atoms with Gasteiger partial charge in [-0.1, -0.05) is 19.3 Å². The Labute approximate surface area is 148 Å². The van der Waals surface area contributed by atoms with Crippen LogP contribution in [0.25, 0.3) is 0 Å². The van der Waals surface area contributed by atoms with Gasteiger partial charge >= 0.3 is 0 Å². The van der Waals surface area contributed by atoms with Crippen LogP contribution >= 0.6 is 0 Å². The quantitative estimate of drug-likeness (QED) is 0.371. The Bertz CT molecular complexity index is 473. The van der Waals surface area contributed by atoms with Gasteiger partial charge in [-0.3, -0.25) is 4.99 Å². The van der Waals surface area contributed by atoms with Gasteiger partial charge in [-0.25, -0.2) is 8.42 Å². The van der Waals surface area contributed by atoms with Crippen LogP contribution in [-0.4, -0.2) is 70.6 Å². The Balaban J connectivity index is 2.19. The summed E-state index contributed by atoms with van der Waals surface area (Å²) in [5.41, 5.74) is 0. The van der Waals surface area contributed by atoms with E-state index >= 15 is 0 Å². The van der Waals surface area contributed by atoms with Crippen molar-refractivity contribution in [2.24, 2.45) is 4.99 Å². The van der Waals surface area contributed by atoms with Gasteiger partial charge in [-0.15, -0.1) is 0 Å². The van der Waals surface area contributed by atoms with Crippen molar-refractivity contribution in [1.82, 2.24) is 15.5 Å². The summed E-state index contributed by atoms with van der Waals surface area (Å²) in [7, 11) is 1.07. The van der Waals surface area contributed by atoms with Crippen molar-refractivity contribution in [1.29, 1.82) is 0 Å². The minimum absolute atomic E-state index is 0.0795. The molecule has 1 rings (SSSR count). The lowest BCUT2D eigenvalue weighted by Crippen LogP contribution is -2.43. The second-order valence-electron chi connectivity index (χ2n) is 7.09. The zero-order valence-electron chi connectivity index (χ0n) is 15.8. The highest BCUT2D eigenvalue weighted by Gasteiger charge is 2.17. The van der Waals surface area contributed by atoms with Crippen LogP contribution in [0, 0.1) is 0 Å². The number of rotatable bonds is 9. The molecule has 1 aliphatic rings. The van der Waals surface area contributed by atoms with Crippen molar-refractivity contribution in [2.45, 2.75) is 64.0 Å². The van der Waals surface area contributed by atoms with Crippen LogP contribution in [0.4, 0.5) is 0 Å². The third-order valence-electron chi connectivity index (χ3n) is 4.71. The molecule has 142 valence electrons. The highest BCUT2D eigenvalue weighted by molar-refractivity contribution is 7.90. The second kappa shape index (κ2) is 10.9. The van der Waals surface area contributed by atoms with E-state index in [0.717, 1.165) is 31.5 Å². The fourth-order valence-electron chi connectivity index (χ4n) is 3.13. The van der Waals surface area contributed by atoms with Crippen LogP contribution in [-0.2, 0) is 9.84 Å². The largest absolute Gasteiger partial charge is 0.356 e. The van der Waals surface area contributed by atoms with Gasteiger partial charge in [-0.2, -0.15) is 0 Å². The molecular weight excluding hydrogens is 324 g/mol. The van der Waals surface area contributed by atoms with E-state index in [-0.39, 0.29) is 11.8 Å². The van der Waals surface area contributed by atoms with Gasteiger partial charge in [-0.05, 0) is 46.2 Å². The number of guanidine groups is 1. The van der Waals surface area contributed by atoms with Crippen molar-refractivity contribution in [3.63, 3.8) is 0 Å². The molecule has 6 nitrogen and oxygen atoms in total. The lowest BCUT2D eigenvalue weighted by atomic mass is 9.94. The number of nitrogens with zero attached hydrogens (tertiary/aromatic N) is 2. The summed E-state index contributed by atoms with van der Waals surface area (Å²) < 4.78 is 22.4. The summed E-state index contributed by atoms with van der Waals surface area (Å²) in [5.74, 6) is 0.945. The predicted octanol–water partition coefficient (Wildman–Crippen LogP) is 1.63. The third-order valence-corrected chi connectivity index (χ3v) is 5.68. The molecule has 0 radical (unpaired) electrons. The van der Waals surface area contributed by atoms with E-state index in [1.54, 1.807) is 7.05 Å². The molecule has 1 aliphatic carbocycles. The standard InChI is InChI=1S/C17H36N4O2S/c1-15(11-14-24(4,22)23)20-17(18-2)19-12-8-13-21(3)16-9-6-5-7-10-16/h15-16H,5-14H2,1-4H3,(H2,18,19,20). The molecule has 1 fully saturated rings. The molecule has 2 N–H and O–H groups in total. The van der Waals surface area contributed by atoms with Gasteiger partial charge < -0.3 is 15.5 Å². The minimum atomic E-state index is -2.91. The highest BCUT2D eigenvalue weighted by Crippen LogP contribution is 2.21. The zero-order chi connectivity index (χ0) is 18.0. The van der Waals surface area contributed by atoms with E-state index in [4.69, 9.17) is 0 Å². The van der Waals surface area contributed by atoms with E-state index in [1.165, 1.54) is 38.4 Å². The van der Waals surface area contributed by atoms with Crippen LogP contribution in [0.15, 0.2) is 4.99 Å². The SMILES string of the molecule is CN=C(NCCCN(C)C1CCCCC1)NC(C)CCS(C)(=O)=O. The van der Waals surface area contributed by atoms with Gasteiger partial charge in [0.1, 0.15) is 9.84 Å². The third kappa shape index (κ3) is 9.47. The van der Waals surface area contributed by atoms with Crippen LogP contribution in [0.2, 0.25) is 0 Å². The van der Waals surface area contributed by atoms with Crippen molar-refractivity contribution >= 4 is 15.8 Å². The van der Waals surface area contributed by atoms with Crippen LogP contribution in [0.5, 0.6) is 0 Å². The van der Waals surface area contributed by atoms with Gasteiger partial charge in [0, 0.05) is 31.9 Å². The summed E-state index contributed by atoms with van der Waals surface area (Å²) in [6, 6.07) is 0.836. The molecular formula is C17H36N4O2S. The average molecular weight is 361 g/mol. The minimum Gasteiger partial charge on any atom is -0.356 e. The van der Waals surface area contributed by atoms with Gasteiger partial charge in [0.15, 0.2) is 5.96 Å². The summed E-state index contributed by atoms with van der Waals surface area (Å²) >= 11 is 0. The highest BCUT2D eigenvalue weighted by atomic mass is 32.2. The van der Waals surface area contributed by atoms with Crippen molar-refractivity contribution < 1.29 is 8.42 Å². The Hall–Kier alpha value is -0.820. The molecule has 7 heteroatoms. The molecule has 1 atom stereocenters. The molecule has 0 aliphatic heterocycles. The first-order chi connectivity index (χ1) is 11.3. The first-order valence-corrected chi connectivity index (χ1v) is 11.2. The average Bonchev–Trinajstić information content (AvgIpc) is 2.55. The fourth-order valence-corrected chi connectivity index (χ4v) is 3.91. The maximum atomic E-state index is 11.2. The lowest BCUT2D eigenvalue weighted by molar-refractivity contribution is 0.190. The Morgan fingerprint density at radius 3 is 2.54 bits per heavy atom. The van der Waals surface area contributed by atoms with Crippen molar-refractivity contribution in [3.8, 4) is 0 Å². The number of nitrogens with one attached hydrogen (secondary N) is 2. The van der Waals surface area contributed by atoms with E-state index in [9.17, 15) is 8.42 Å². The van der Waals surface area contributed by atoms with E-state index < -0.39 is 9.84 Å². The maximum Gasteiger partial charge on any atom is 0.191 e. The molecule has 0 heterocycles. The van der Waals surface area contributed by atoms with Crippen LogP contribution < -0.4 is 10.6 Å². The van der Waals surface area contributed by atoms with Gasteiger partial charge in [0.25, 0.3) is 0 Å². The molecule has 0 amide bonds. The molecule has 0 saturated heterocycles. The molecule has 0 bridgehead atoms. The van der Waals surface area contributed by atoms with Crippen molar-refractivity contribution in [3.05, 3.63) is 0 Å². The summed E-state index contributed by atoms with van der Waals surface area (Å²) in [4.78, 5) is 6.70. The molecule has 1 saturated carbocycles. The number of hydrogen-bond donors (Lipinski definition) is 2. The van der Waals surface area contributed by atoms with Crippen molar-refractivity contribution in [2.75, 3.05) is 39.2 Å². The van der Waals surface area contributed by atoms with Gasteiger partial charge in [0.05, 0.1) is 5.75 Å². The Morgan fingerprint density at radius 1 is 1.29 bits per heavy atom. The summed E-state index contributed by atoms with van der Waals surface area (Å²) in [5, 5.41) is 6.57. The van der Waals surface area contributed by atoms with E-state index in [2.05, 4.69) is 27.6 Å². The molecule has 0 aromatic heterocycles. The predicted molar refractivity (Wildman–Crippen MR) is 102 cm³/mol. The fraction of sp³-hybridized carbons (Fsp3) is 0.941. The Morgan fingerprint density at radius 2 is 1.96 bits per heavy atom. The topological polar surface area (TPSA) is 73.8 Å². The van der Waals surface area contributed by atoms with Crippen LogP contribution in [0.3, 0.4) is 0 Å². The first-order valence-electron chi connectivity index (χ1n) is 9.17. The number of aliphatic imine (C=N–C) groups is 1. The lowest BCUT2D eigenvalue weighted by Gasteiger charge is -2.31. The summed E-state index contributed by atoms with van der Waals surface area (Å²) in [6.07, 6.45) is 9.75. The zero-order valence-corrected chi connectivity index (χ0v) is 16.7. The molecule has 1 unspecified atom stereocenters. The second-order valence-corrected chi connectivity index (χ2v) is 9.35. The van der Waals surface area contributed by atoms with E-state index in [0.29, 0.717) is 6.42 Å². The molecule has 24 heavy (non-hydrogen) atoms. The molecule has 0 aromatic rings. The summed E-state index contributed by atoms with van der Waals surface area (Å²) in [6.45, 7) is 3.95. The van der Waals surface area contributed by atoms with E-state index in [1.807, 2.05) is 6.92 Å². The number of sulfone groups is 1.